The zero-order chi connectivity index (χ0) is 22.9. The molecule has 2 aliphatic rings. The van der Waals surface area contributed by atoms with E-state index in [4.69, 9.17) is 15.2 Å². The van der Waals surface area contributed by atoms with Crippen LogP contribution in [0.5, 0.6) is 5.75 Å². The van der Waals surface area contributed by atoms with E-state index in [9.17, 15) is 13.6 Å². The monoisotopic (exact) mass is 455 g/mol. The van der Waals surface area contributed by atoms with Gasteiger partial charge in [0.25, 0.3) is 6.43 Å². The molecule has 174 valence electrons. The third-order valence-corrected chi connectivity index (χ3v) is 6.38. The molecule has 0 spiro atoms. The quantitative estimate of drug-likeness (QED) is 0.423. The molecule has 0 unspecified atom stereocenters. The predicted molar refractivity (Wildman–Crippen MR) is 124 cm³/mol. The first kappa shape index (κ1) is 21.6. The minimum Gasteiger partial charge on any atom is -0.488 e. The Hall–Kier alpha value is -3.29. The minimum absolute atomic E-state index is 0.336. The number of amides is 1. The molecule has 5 rings (SSSR count). The molecule has 8 heteroatoms. The molecule has 2 fully saturated rings. The average molecular weight is 456 g/mol. The summed E-state index contributed by atoms with van der Waals surface area (Å²) in [6.45, 7) is -0.190. The van der Waals surface area contributed by atoms with Gasteiger partial charge in [-0.15, -0.1) is 0 Å². The van der Waals surface area contributed by atoms with Crippen molar-refractivity contribution in [1.29, 1.82) is 0 Å². The van der Waals surface area contributed by atoms with Gasteiger partial charge in [0.1, 0.15) is 12.4 Å². The van der Waals surface area contributed by atoms with E-state index < -0.39 is 19.1 Å². The van der Waals surface area contributed by atoms with Crippen molar-refractivity contribution in [3.63, 3.8) is 0 Å². The van der Waals surface area contributed by atoms with E-state index >= 15 is 0 Å². The van der Waals surface area contributed by atoms with Crippen LogP contribution < -0.4 is 15.8 Å². The fourth-order valence-electron chi connectivity index (χ4n) is 4.23. The van der Waals surface area contributed by atoms with E-state index in [0.29, 0.717) is 35.7 Å². The lowest BCUT2D eigenvalue weighted by Gasteiger charge is -2.30. The Morgan fingerprint density at radius 1 is 1.12 bits per heavy atom. The number of carbonyl (C=O) groups excluding carboxylic acids is 1. The van der Waals surface area contributed by atoms with Gasteiger partial charge in [0.15, 0.2) is 0 Å². The Morgan fingerprint density at radius 3 is 2.52 bits per heavy atom. The highest BCUT2D eigenvalue weighted by Crippen LogP contribution is 2.45. The fraction of sp³-hybridized carbons (Fsp3) is 0.400. The molecule has 2 saturated carbocycles. The zero-order valence-electron chi connectivity index (χ0n) is 18.2. The number of hydrogen-bond donors (Lipinski definition) is 2. The van der Waals surface area contributed by atoms with Crippen molar-refractivity contribution >= 4 is 28.4 Å². The molecule has 3 aromatic rings. The molecule has 0 atom stereocenters. The van der Waals surface area contributed by atoms with Gasteiger partial charge in [-0.25, -0.2) is 13.6 Å². The number of hydrogen-bond acceptors (Lipinski definition) is 4. The molecular weight excluding hydrogens is 428 g/mol. The summed E-state index contributed by atoms with van der Waals surface area (Å²) in [6.07, 6.45) is 2.54. The summed E-state index contributed by atoms with van der Waals surface area (Å²) in [5.41, 5.74) is 10.6. The highest BCUT2D eigenvalue weighted by atomic mass is 19.3. The Balaban J connectivity index is 1.43. The second-order valence-corrected chi connectivity index (χ2v) is 8.84. The van der Waals surface area contributed by atoms with Gasteiger partial charge in [0.05, 0.1) is 23.5 Å². The van der Waals surface area contributed by atoms with Crippen LogP contribution in [0.4, 0.5) is 25.0 Å². The highest BCUT2D eigenvalue weighted by Gasteiger charge is 2.27. The standard InChI is InChI=1S/C25H27F2N3O3/c26-22(27)14-32-19-10-11-21-20(12-19)23(28)24(30(21)18-2-1-3-18)16-6-8-17(9-7-16)29-25(31)33-13-15-4-5-15/h6-12,15,18,22H,1-5,13-14,28H2,(H,29,31). The topological polar surface area (TPSA) is 78.5 Å². The van der Waals surface area contributed by atoms with Gasteiger partial charge < -0.3 is 19.8 Å². The maximum Gasteiger partial charge on any atom is 0.411 e. The van der Waals surface area contributed by atoms with E-state index in [-0.39, 0.29) is 0 Å². The summed E-state index contributed by atoms with van der Waals surface area (Å²) >= 11 is 0. The summed E-state index contributed by atoms with van der Waals surface area (Å²) in [6, 6.07) is 13.2. The minimum atomic E-state index is -2.54. The summed E-state index contributed by atoms with van der Waals surface area (Å²) in [7, 11) is 0. The first-order chi connectivity index (χ1) is 16.0. The molecule has 6 nitrogen and oxygen atoms in total. The van der Waals surface area contributed by atoms with Crippen LogP contribution in [-0.2, 0) is 4.74 Å². The van der Waals surface area contributed by atoms with Gasteiger partial charge in [-0.2, -0.15) is 0 Å². The smallest absolute Gasteiger partial charge is 0.411 e. The number of ether oxygens (including phenoxy) is 2. The van der Waals surface area contributed by atoms with Crippen molar-refractivity contribution in [2.75, 3.05) is 24.3 Å². The number of nitrogens with two attached hydrogens (primary N) is 1. The Bertz CT molecular complexity index is 1150. The van der Waals surface area contributed by atoms with E-state index in [2.05, 4.69) is 9.88 Å². The molecule has 2 aliphatic carbocycles. The van der Waals surface area contributed by atoms with Crippen LogP contribution in [0.25, 0.3) is 22.2 Å². The van der Waals surface area contributed by atoms with Gasteiger partial charge in [-0.1, -0.05) is 12.1 Å². The van der Waals surface area contributed by atoms with Crippen LogP contribution in [0, 0.1) is 5.92 Å². The average Bonchev–Trinajstić information content (AvgIpc) is 3.56. The maximum atomic E-state index is 12.6. The van der Waals surface area contributed by atoms with Crippen LogP contribution in [0.3, 0.4) is 0 Å². The van der Waals surface area contributed by atoms with E-state index in [1.807, 2.05) is 30.3 Å². The number of benzene rings is 2. The lowest BCUT2D eigenvalue weighted by Crippen LogP contribution is -2.18. The highest BCUT2D eigenvalue weighted by molar-refractivity contribution is 6.02. The number of rotatable bonds is 8. The Morgan fingerprint density at radius 2 is 1.88 bits per heavy atom. The van der Waals surface area contributed by atoms with Gasteiger partial charge >= 0.3 is 6.09 Å². The molecule has 0 radical (unpaired) electrons. The number of aromatic nitrogens is 1. The molecule has 0 bridgehead atoms. The summed E-state index contributed by atoms with van der Waals surface area (Å²) < 4.78 is 37.8. The number of halogens is 2. The number of alkyl halides is 2. The first-order valence-corrected chi connectivity index (χ1v) is 11.4. The van der Waals surface area contributed by atoms with Crippen LogP contribution >= 0.6 is 0 Å². The lowest BCUT2D eigenvalue weighted by atomic mass is 9.92. The van der Waals surface area contributed by atoms with Gasteiger partial charge in [0.2, 0.25) is 0 Å². The van der Waals surface area contributed by atoms with Crippen LogP contribution in [0.15, 0.2) is 42.5 Å². The van der Waals surface area contributed by atoms with Crippen molar-refractivity contribution < 1.29 is 23.0 Å². The number of nitrogen functional groups attached to an aromatic ring is 1. The van der Waals surface area contributed by atoms with Gasteiger partial charge in [0, 0.05) is 22.7 Å². The Kier molecular flexibility index (Phi) is 5.83. The maximum absolute atomic E-state index is 12.6. The molecule has 33 heavy (non-hydrogen) atoms. The van der Waals surface area contributed by atoms with Crippen molar-refractivity contribution in [3.05, 3.63) is 42.5 Å². The lowest BCUT2D eigenvalue weighted by molar-refractivity contribution is 0.0820. The fourth-order valence-corrected chi connectivity index (χ4v) is 4.23. The first-order valence-electron chi connectivity index (χ1n) is 11.4. The number of nitrogens with zero attached hydrogens (tertiary/aromatic N) is 1. The third-order valence-electron chi connectivity index (χ3n) is 6.38. The second-order valence-electron chi connectivity index (χ2n) is 8.84. The Labute approximate surface area is 190 Å². The normalized spacial score (nSPS) is 16.1. The number of carbonyl (C=O) groups is 1. The van der Waals surface area contributed by atoms with Crippen LogP contribution in [-0.4, -0.2) is 30.3 Å². The van der Waals surface area contributed by atoms with E-state index in [1.54, 1.807) is 12.1 Å². The summed E-state index contributed by atoms with van der Waals surface area (Å²) in [5.74, 6) is 0.881. The van der Waals surface area contributed by atoms with Crippen molar-refractivity contribution in [1.82, 2.24) is 4.57 Å². The number of fused-ring (bicyclic) bond motifs is 1. The van der Waals surface area contributed by atoms with Crippen molar-refractivity contribution in [2.45, 2.75) is 44.6 Å². The van der Waals surface area contributed by atoms with Crippen molar-refractivity contribution in [2.24, 2.45) is 5.92 Å². The molecule has 1 aromatic heterocycles. The number of nitrogens with one attached hydrogen (secondary N) is 1. The molecule has 0 aliphatic heterocycles. The third kappa shape index (κ3) is 4.60. The number of anilines is 2. The van der Waals surface area contributed by atoms with E-state index in [0.717, 1.165) is 54.3 Å². The SMILES string of the molecule is Nc1c(-c2ccc(NC(=O)OCC3CC3)cc2)n(C2CCC2)c2ccc(OCC(F)F)cc12. The molecule has 1 heterocycles. The predicted octanol–water partition coefficient (Wildman–Crippen LogP) is 6.22. The molecule has 0 saturated heterocycles. The van der Waals surface area contributed by atoms with E-state index in [1.165, 1.54) is 0 Å². The molecule has 1 amide bonds. The molecular formula is C25H27F2N3O3. The largest absolute Gasteiger partial charge is 0.488 e. The van der Waals surface area contributed by atoms with Crippen LogP contribution in [0.1, 0.15) is 38.1 Å². The molecule has 2 aromatic carbocycles. The second kappa shape index (κ2) is 8.92. The summed E-state index contributed by atoms with van der Waals surface area (Å²) in [4.78, 5) is 12.0. The van der Waals surface area contributed by atoms with Crippen molar-refractivity contribution in [3.8, 4) is 17.0 Å². The van der Waals surface area contributed by atoms with Crippen LogP contribution in [0.2, 0.25) is 0 Å². The molecule has 3 N–H and O–H groups in total. The van der Waals surface area contributed by atoms with Gasteiger partial charge in [-0.05, 0) is 68.4 Å². The zero-order valence-corrected chi connectivity index (χ0v) is 18.2. The van der Waals surface area contributed by atoms with Gasteiger partial charge in [-0.3, -0.25) is 5.32 Å². The summed E-state index contributed by atoms with van der Waals surface area (Å²) in [5, 5.41) is 3.54.